The highest BCUT2D eigenvalue weighted by Crippen LogP contribution is 2.37. The third-order valence-corrected chi connectivity index (χ3v) is 5.80. The molecule has 0 saturated carbocycles. The number of hydrogen-bond donors (Lipinski definition) is 0. The lowest BCUT2D eigenvalue weighted by Crippen LogP contribution is -2.39. The Labute approximate surface area is 144 Å². The van der Waals surface area contributed by atoms with Crippen LogP contribution in [0.3, 0.4) is 0 Å². The smallest absolute Gasteiger partial charge is 0.0746 e. The van der Waals surface area contributed by atoms with Crippen molar-refractivity contribution < 1.29 is 14.2 Å². The summed E-state index contributed by atoms with van der Waals surface area (Å²) in [5.41, 5.74) is 1.14. The summed E-state index contributed by atoms with van der Waals surface area (Å²) in [5.74, 6) is 1.34. The Hall–Kier alpha value is -1.01. The van der Waals surface area contributed by atoms with Gasteiger partial charge in [0.1, 0.15) is 0 Å². The van der Waals surface area contributed by atoms with Crippen LogP contribution in [0.15, 0.2) is 24.5 Å². The van der Waals surface area contributed by atoms with Crippen LogP contribution in [0.2, 0.25) is 0 Å². The molecule has 132 valence electrons. The van der Waals surface area contributed by atoms with Crippen LogP contribution in [0.25, 0.3) is 0 Å². The highest BCUT2D eigenvalue weighted by molar-refractivity contribution is 5.06. The standard InChI is InChI=1S/C19H28N2O3/c1-2-15(10-20-6-1)13-23-7-3-16-14-24-19-12-21(11-18(16)19)17-4-8-22-9-5-17/h1-2,6,10,16-19H,3-5,7-9,11-14H2/t16-,18-,19-/m0/s1. The van der Waals surface area contributed by atoms with Gasteiger partial charge >= 0.3 is 0 Å². The summed E-state index contributed by atoms with van der Waals surface area (Å²) in [6.07, 6.45) is 7.57. The Kier molecular flexibility index (Phi) is 5.43. The van der Waals surface area contributed by atoms with Gasteiger partial charge in [0.2, 0.25) is 0 Å². The van der Waals surface area contributed by atoms with Crippen LogP contribution in [0.5, 0.6) is 0 Å². The van der Waals surface area contributed by atoms with Crippen molar-refractivity contribution in [1.29, 1.82) is 0 Å². The Bertz CT molecular complexity index is 507. The summed E-state index contributed by atoms with van der Waals surface area (Å²) < 4.78 is 17.4. The van der Waals surface area contributed by atoms with E-state index >= 15 is 0 Å². The third-order valence-electron chi connectivity index (χ3n) is 5.80. The summed E-state index contributed by atoms with van der Waals surface area (Å²) in [6, 6.07) is 4.72. The molecule has 3 fully saturated rings. The number of aromatic nitrogens is 1. The summed E-state index contributed by atoms with van der Waals surface area (Å²) in [7, 11) is 0. The van der Waals surface area contributed by atoms with Gasteiger partial charge in [0, 0.05) is 57.3 Å². The van der Waals surface area contributed by atoms with E-state index in [9.17, 15) is 0 Å². The number of hydrogen-bond acceptors (Lipinski definition) is 5. The van der Waals surface area contributed by atoms with Gasteiger partial charge in [0.05, 0.1) is 19.3 Å². The fourth-order valence-electron chi connectivity index (χ4n) is 4.38. The van der Waals surface area contributed by atoms with Gasteiger partial charge in [-0.25, -0.2) is 0 Å². The molecule has 3 aliphatic heterocycles. The van der Waals surface area contributed by atoms with Gasteiger partial charge in [-0.2, -0.15) is 0 Å². The molecule has 0 spiro atoms. The zero-order valence-electron chi connectivity index (χ0n) is 14.3. The SMILES string of the molecule is c1cncc(COCC[C@H]2CO[C@H]3CN(C4CCOCC4)C[C@@H]23)c1. The lowest BCUT2D eigenvalue weighted by Gasteiger charge is -2.31. The van der Waals surface area contributed by atoms with Crippen LogP contribution >= 0.6 is 0 Å². The molecule has 1 aromatic rings. The van der Waals surface area contributed by atoms with E-state index in [0.29, 0.717) is 30.6 Å². The molecule has 4 rings (SSSR count). The molecule has 5 heteroatoms. The Morgan fingerprint density at radius 2 is 2.17 bits per heavy atom. The van der Waals surface area contributed by atoms with E-state index < -0.39 is 0 Å². The van der Waals surface area contributed by atoms with E-state index in [-0.39, 0.29) is 0 Å². The molecule has 24 heavy (non-hydrogen) atoms. The second-order valence-corrected chi connectivity index (χ2v) is 7.30. The molecule has 5 nitrogen and oxygen atoms in total. The van der Waals surface area contributed by atoms with Gasteiger partial charge in [-0.05, 0) is 36.8 Å². The van der Waals surface area contributed by atoms with Crippen LogP contribution in [0, 0.1) is 11.8 Å². The highest BCUT2D eigenvalue weighted by atomic mass is 16.5. The minimum Gasteiger partial charge on any atom is -0.381 e. The first kappa shape index (κ1) is 16.5. The van der Waals surface area contributed by atoms with Crippen LogP contribution in [-0.4, -0.2) is 61.5 Å². The molecule has 4 heterocycles. The molecule has 0 radical (unpaired) electrons. The van der Waals surface area contributed by atoms with Crippen molar-refractivity contribution in [1.82, 2.24) is 9.88 Å². The molecule has 3 saturated heterocycles. The summed E-state index contributed by atoms with van der Waals surface area (Å²) in [5, 5.41) is 0. The second kappa shape index (κ2) is 7.91. The Morgan fingerprint density at radius 1 is 1.25 bits per heavy atom. The van der Waals surface area contributed by atoms with Crippen molar-refractivity contribution in [3.63, 3.8) is 0 Å². The Balaban J connectivity index is 1.21. The Morgan fingerprint density at radius 3 is 3.00 bits per heavy atom. The van der Waals surface area contributed by atoms with E-state index in [2.05, 4.69) is 16.0 Å². The first-order valence-corrected chi connectivity index (χ1v) is 9.30. The van der Waals surface area contributed by atoms with Crippen molar-refractivity contribution in [3.8, 4) is 0 Å². The monoisotopic (exact) mass is 332 g/mol. The first-order valence-electron chi connectivity index (χ1n) is 9.30. The molecule has 0 bridgehead atoms. The van der Waals surface area contributed by atoms with Gasteiger partial charge in [0.25, 0.3) is 0 Å². The molecule has 0 N–H and O–H groups in total. The number of likely N-dealkylation sites (tertiary alicyclic amines) is 1. The van der Waals surface area contributed by atoms with Gasteiger partial charge in [0.15, 0.2) is 0 Å². The quantitative estimate of drug-likeness (QED) is 0.747. The van der Waals surface area contributed by atoms with Crippen molar-refractivity contribution >= 4 is 0 Å². The van der Waals surface area contributed by atoms with Crippen molar-refractivity contribution in [2.75, 3.05) is 39.5 Å². The fourth-order valence-corrected chi connectivity index (χ4v) is 4.38. The minimum atomic E-state index is 0.441. The van der Waals surface area contributed by atoms with Gasteiger partial charge in [-0.1, -0.05) is 6.07 Å². The largest absolute Gasteiger partial charge is 0.381 e. The predicted octanol–water partition coefficient (Wildman–Crippen LogP) is 2.11. The van der Waals surface area contributed by atoms with Crippen LogP contribution in [-0.2, 0) is 20.8 Å². The van der Waals surface area contributed by atoms with Crippen molar-refractivity contribution in [2.24, 2.45) is 11.8 Å². The maximum atomic E-state index is 6.09. The average Bonchev–Trinajstić information content (AvgIpc) is 3.22. The zero-order valence-corrected chi connectivity index (χ0v) is 14.3. The van der Waals surface area contributed by atoms with E-state index in [0.717, 1.165) is 45.0 Å². The predicted molar refractivity (Wildman–Crippen MR) is 90.6 cm³/mol. The molecule has 1 aromatic heterocycles. The first-order chi connectivity index (χ1) is 11.9. The molecular weight excluding hydrogens is 304 g/mol. The van der Waals surface area contributed by atoms with Crippen LogP contribution in [0.1, 0.15) is 24.8 Å². The summed E-state index contributed by atoms with van der Waals surface area (Å²) in [6.45, 7) is 6.53. The molecule has 0 aromatic carbocycles. The molecule has 0 aliphatic carbocycles. The van der Waals surface area contributed by atoms with Gasteiger partial charge in [-0.15, -0.1) is 0 Å². The average molecular weight is 332 g/mol. The maximum Gasteiger partial charge on any atom is 0.0746 e. The molecule has 0 unspecified atom stereocenters. The zero-order chi connectivity index (χ0) is 16.2. The number of fused-ring (bicyclic) bond motifs is 1. The van der Waals surface area contributed by atoms with E-state index in [1.165, 1.54) is 19.4 Å². The minimum absolute atomic E-state index is 0.441. The molecule has 3 aliphatic rings. The topological polar surface area (TPSA) is 43.8 Å². The third kappa shape index (κ3) is 3.80. The molecule has 0 amide bonds. The van der Waals surface area contributed by atoms with Crippen LogP contribution < -0.4 is 0 Å². The van der Waals surface area contributed by atoms with Gasteiger partial charge < -0.3 is 14.2 Å². The summed E-state index contributed by atoms with van der Waals surface area (Å²) in [4.78, 5) is 6.78. The number of ether oxygens (including phenoxy) is 3. The number of pyridine rings is 1. The van der Waals surface area contributed by atoms with Gasteiger partial charge in [-0.3, -0.25) is 9.88 Å². The van der Waals surface area contributed by atoms with E-state index in [4.69, 9.17) is 14.2 Å². The maximum absolute atomic E-state index is 6.09. The lowest BCUT2D eigenvalue weighted by molar-refractivity contribution is 0.0268. The van der Waals surface area contributed by atoms with Crippen molar-refractivity contribution in [2.45, 2.75) is 38.0 Å². The van der Waals surface area contributed by atoms with E-state index in [1.807, 2.05) is 12.3 Å². The molecule has 3 atom stereocenters. The molecular formula is C19H28N2O3. The summed E-state index contributed by atoms with van der Waals surface area (Å²) >= 11 is 0. The lowest BCUT2D eigenvalue weighted by atomic mass is 9.91. The van der Waals surface area contributed by atoms with E-state index in [1.54, 1.807) is 6.20 Å². The van der Waals surface area contributed by atoms with Crippen LogP contribution in [0.4, 0.5) is 0 Å². The van der Waals surface area contributed by atoms with Crippen molar-refractivity contribution in [3.05, 3.63) is 30.1 Å². The number of nitrogens with zero attached hydrogens (tertiary/aromatic N) is 2. The second-order valence-electron chi connectivity index (χ2n) is 7.30. The highest BCUT2D eigenvalue weighted by Gasteiger charge is 2.45. The number of rotatable bonds is 6. The fraction of sp³-hybridized carbons (Fsp3) is 0.737. The normalized spacial score (nSPS) is 31.4.